The summed E-state index contributed by atoms with van der Waals surface area (Å²) in [5.41, 5.74) is 1.53. The first-order valence-corrected chi connectivity index (χ1v) is 14.4. The number of ketones is 1. The average Bonchev–Trinajstić information content (AvgIpc) is 3.40. The maximum Gasteiger partial charge on any atom is 0.418 e. The van der Waals surface area contributed by atoms with E-state index >= 15 is 0 Å². The number of Topliss-reactive ketones (excluding diaryl/α,β-unsaturated/α-hetero) is 1. The minimum atomic E-state index is -0.754. The topological polar surface area (TPSA) is 105 Å². The number of ether oxygens (including phenoxy) is 2. The van der Waals surface area contributed by atoms with Crippen LogP contribution in [0.5, 0.6) is 5.75 Å². The van der Waals surface area contributed by atoms with Crippen LogP contribution in [0, 0.1) is 5.82 Å². The van der Waals surface area contributed by atoms with E-state index in [9.17, 15) is 23.6 Å². The van der Waals surface area contributed by atoms with Gasteiger partial charge in [0.1, 0.15) is 11.6 Å². The zero-order valence-corrected chi connectivity index (χ0v) is 24.7. The van der Waals surface area contributed by atoms with Crippen LogP contribution in [-0.2, 0) is 16.1 Å². The van der Waals surface area contributed by atoms with E-state index in [0.717, 1.165) is 5.56 Å². The molecule has 43 heavy (non-hydrogen) atoms. The van der Waals surface area contributed by atoms with Crippen molar-refractivity contribution in [1.29, 1.82) is 0 Å². The first-order chi connectivity index (χ1) is 20.7. The Labute approximate surface area is 249 Å². The Hall–Kier alpha value is -4.29. The largest absolute Gasteiger partial charge is 0.496 e. The van der Waals surface area contributed by atoms with Crippen molar-refractivity contribution in [2.45, 2.75) is 13.5 Å². The Bertz CT molecular complexity index is 1520. The molecule has 0 aliphatic carbocycles. The number of aromatic nitrogens is 1. The van der Waals surface area contributed by atoms with Crippen molar-refractivity contribution in [3.8, 4) is 5.75 Å². The van der Waals surface area contributed by atoms with Gasteiger partial charge in [0, 0.05) is 76.6 Å². The van der Waals surface area contributed by atoms with Gasteiger partial charge in [0.15, 0.2) is 0 Å². The molecule has 0 atom stereocenters. The van der Waals surface area contributed by atoms with Crippen LogP contribution in [-0.4, -0.2) is 121 Å². The van der Waals surface area contributed by atoms with Gasteiger partial charge in [-0.25, -0.2) is 9.18 Å². The maximum absolute atomic E-state index is 13.8. The van der Waals surface area contributed by atoms with E-state index in [4.69, 9.17) is 9.47 Å². The third-order valence-electron chi connectivity index (χ3n) is 8.03. The molecule has 0 saturated carbocycles. The van der Waals surface area contributed by atoms with Crippen molar-refractivity contribution < 1.29 is 33.0 Å². The molecule has 2 saturated heterocycles. The molecule has 1 aromatic heterocycles. The molecular weight excluding hydrogens is 557 g/mol. The summed E-state index contributed by atoms with van der Waals surface area (Å²) >= 11 is 0. The van der Waals surface area contributed by atoms with Crippen LogP contribution < -0.4 is 4.74 Å². The lowest BCUT2D eigenvalue weighted by molar-refractivity contribution is -0.127. The summed E-state index contributed by atoms with van der Waals surface area (Å²) < 4.78 is 25.2. The van der Waals surface area contributed by atoms with E-state index < -0.39 is 17.8 Å². The maximum atomic E-state index is 13.8. The standard InChI is InChI=1S/C31H36FN5O6/c1-4-43-31(41)37-20-25(28(38)30(40)36-13-9-33(2)10-14-36)23-17-24(27(42-3)18-26(23)37)29(39)35-15-11-34(12-16-35)19-21-5-7-22(32)8-6-21/h5-8,17-18,20H,4,9-16,19H2,1-3H3. The van der Waals surface area contributed by atoms with Crippen molar-refractivity contribution in [3.63, 3.8) is 0 Å². The van der Waals surface area contributed by atoms with Gasteiger partial charge < -0.3 is 24.2 Å². The lowest BCUT2D eigenvalue weighted by Gasteiger charge is -2.35. The van der Waals surface area contributed by atoms with Crippen LogP contribution in [0.2, 0.25) is 0 Å². The Morgan fingerprint density at radius 1 is 0.860 bits per heavy atom. The molecule has 228 valence electrons. The number of methoxy groups -OCH3 is 1. The molecule has 5 rings (SSSR count). The number of rotatable bonds is 7. The quantitative estimate of drug-likeness (QED) is 0.304. The molecule has 2 amide bonds. The second-order valence-electron chi connectivity index (χ2n) is 10.8. The van der Waals surface area contributed by atoms with E-state index in [2.05, 4.69) is 9.80 Å². The fourth-order valence-corrected chi connectivity index (χ4v) is 5.51. The van der Waals surface area contributed by atoms with Crippen molar-refractivity contribution in [2.75, 3.05) is 73.1 Å². The van der Waals surface area contributed by atoms with Crippen LogP contribution in [0.4, 0.5) is 9.18 Å². The van der Waals surface area contributed by atoms with E-state index in [1.807, 2.05) is 7.05 Å². The second-order valence-corrected chi connectivity index (χ2v) is 10.8. The normalized spacial score (nSPS) is 16.4. The van der Waals surface area contributed by atoms with Gasteiger partial charge in [-0.2, -0.15) is 0 Å². The molecule has 0 spiro atoms. The zero-order chi connectivity index (χ0) is 30.7. The van der Waals surface area contributed by atoms with E-state index in [1.165, 1.54) is 47.0 Å². The van der Waals surface area contributed by atoms with Gasteiger partial charge in [0.05, 0.1) is 30.4 Å². The Morgan fingerprint density at radius 3 is 2.14 bits per heavy atom. The van der Waals surface area contributed by atoms with Crippen LogP contribution in [0.1, 0.15) is 33.2 Å². The monoisotopic (exact) mass is 593 g/mol. The molecule has 12 heteroatoms. The zero-order valence-electron chi connectivity index (χ0n) is 24.7. The van der Waals surface area contributed by atoms with Crippen LogP contribution in [0.15, 0.2) is 42.6 Å². The lowest BCUT2D eigenvalue weighted by Crippen LogP contribution is -2.49. The van der Waals surface area contributed by atoms with Crippen molar-refractivity contribution in [1.82, 2.24) is 24.2 Å². The van der Waals surface area contributed by atoms with E-state index in [0.29, 0.717) is 69.8 Å². The molecule has 0 unspecified atom stereocenters. The van der Waals surface area contributed by atoms with Gasteiger partial charge in [-0.05, 0) is 37.7 Å². The average molecular weight is 594 g/mol. The minimum absolute atomic E-state index is 0.0211. The van der Waals surface area contributed by atoms with Crippen molar-refractivity contribution in [3.05, 3.63) is 65.1 Å². The van der Waals surface area contributed by atoms with Crippen molar-refractivity contribution >= 4 is 34.6 Å². The highest BCUT2D eigenvalue weighted by Crippen LogP contribution is 2.32. The summed E-state index contributed by atoms with van der Waals surface area (Å²) in [4.78, 5) is 60.9. The number of benzene rings is 2. The molecule has 0 N–H and O–H groups in total. The summed E-state index contributed by atoms with van der Waals surface area (Å²) in [6, 6.07) is 9.43. The molecule has 0 radical (unpaired) electrons. The number of likely N-dealkylation sites (N-methyl/N-ethyl adjacent to an activating group) is 1. The fourth-order valence-electron chi connectivity index (χ4n) is 5.51. The SMILES string of the molecule is CCOC(=O)n1cc(C(=O)C(=O)N2CCN(C)CC2)c2cc(C(=O)N3CCN(Cc4ccc(F)cc4)CC3)c(OC)cc21. The van der Waals surface area contributed by atoms with Gasteiger partial charge >= 0.3 is 6.09 Å². The number of halogens is 1. The fraction of sp³-hybridized carbons (Fsp3) is 0.419. The highest BCUT2D eigenvalue weighted by atomic mass is 19.1. The van der Waals surface area contributed by atoms with Gasteiger partial charge in [-0.15, -0.1) is 0 Å². The van der Waals surface area contributed by atoms with E-state index in [-0.39, 0.29) is 35.2 Å². The highest BCUT2D eigenvalue weighted by molar-refractivity contribution is 6.45. The van der Waals surface area contributed by atoms with Gasteiger partial charge in [0.2, 0.25) is 0 Å². The number of piperazine rings is 2. The van der Waals surface area contributed by atoms with E-state index in [1.54, 1.807) is 24.0 Å². The van der Waals surface area contributed by atoms with Crippen LogP contribution in [0.3, 0.4) is 0 Å². The molecule has 2 aromatic carbocycles. The Kier molecular flexibility index (Phi) is 9.07. The predicted octanol–water partition coefficient (Wildman–Crippen LogP) is 2.71. The number of nitrogens with zero attached hydrogens (tertiary/aromatic N) is 5. The summed E-state index contributed by atoms with van der Waals surface area (Å²) in [5.74, 6) is -1.74. The molecule has 2 aliphatic rings. The smallest absolute Gasteiger partial charge is 0.418 e. The first-order valence-electron chi connectivity index (χ1n) is 14.4. The Balaban J connectivity index is 1.42. The number of carbonyl (C=O) groups is 4. The number of hydrogen-bond acceptors (Lipinski definition) is 8. The third-order valence-corrected chi connectivity index (χ3v) is 8.03. The van der Waals surface area contributed by atoms with Crippen LogP contribution in [0.25, 0.3) is 10.9 Å². The third kappa shape index (κ3) is 6.40. The molecular formula is C31H36FN5O6. The summed E-state index contributed by atoms with van der Waals surface area (Å²) in [7, 11) is 3.38. The number of hydrogen-bond donors (Lipinski definition) is 0. The van der Waals surface area contributed by atoms with Crippen LogP contribution >= 0.6 is 0 Å². The molecule has 0 bridgehead atoms. The predicted molar refractivity (Wildman–Crippen MR) is 157 cm³/mol. The Morgan fingerprint density at radius 2 is 1.51 bits per heavy atom. The summed E-state index contributed by atoms with van der Waals surface area (Å²) in [6.07, 6.45) is 0.595. The van der Waals surface area contributed by atoms with Gasteiger partial charge in [-0.3, -0.25) is 23.9 Å². The summed E-state index contributed by atoms with van der Waals surface area (Å²) in [6.45, 7) is 6.72. The molecule has 3 aromatic rings. The lowest BCUT2D eigenvalue weighted by atomic mass is 10.0. The number of carbonyl (C=O) groups excluding carboxylic acids is 4. The molecule has 2 aliphatic heterocycles. The molecule has 11 nitrogen and oxygen atoms in total. The molecule has 2 fully saturated rings. The highest BCUT2D eigenvalue weighted by Gasteiger charge is 2.31. The number of fused-ring (bicyclic) bond motifs is 1. The van der Waals surface area contributed by atoms with Gasteiger partial charge in [0.25, 0.3) is 17.6 Å². The molecule has 3 heterocycles. The van der Waals surface area contributed by atoms with Gasteiger partial charge in [-0.1, -0.05) is 12.1 Å². The summed E-state index contributed by atoms with van der Waals surface area (Å²) in [5, 5.41) is 0.291. The van der Waals surface area contributed by atoms with Crippen molar-refractivity contribution in [2.24, 2.45) is 0 Å². The minimum Gasteiger partial charge on any atom is -0.496 e. The number of amides is 2. The second kappa shape index (κ2) is 12.9. The first kappa shape index (κ1) is 30.2.